The van der Waals surface area contributed by atoms with Gasteiger partial charge in [0.25, 0.3) is 0 Å². The van der Waals surface area contributed by atoms with Crippen LogP contribution in [0.15, 0.2) is 0 Å². The van der Waals surface area contributed by atoms with Crippen molar-refractivity contribution in [1.82, 2.24) is 0 Å². The van der Waals surface area contributed by atoms with E-state index in [9.17, 15) is 0 Å². The molecule has 18 heavy (non-hydrogen) atoms. The Kier molecular flexibility index (Phi) is 2.78. The number of ether oxygens (including phenoxy) is 5. The normalized spacial score (nSPS) is 48.8. The van der Waals surface area contributed by atoms with E-state index in [1.165, 1.54) is 0 Å². The Bertz CT molecular complexity index is 340. The van der Waals surface area contributed by atoms with Crippen LogP contribution in [0.3, 0.4) is 0 Å². The highest BCUT2D eigenvalue weighted by Gasteiger charge is 2.60. The van der Waals surface area contributed by atoms with Gasteiger partial charge in [0.2, 0.25) is 0 Å². The van der Waals surface area contributed by atoms with Gasteiger partial charge in [-0.15, -0.1) is 0 Å². The van der Waals surface area contributed by atoms with Crippen molar-refractivity contribution in [2.24, 2.45) is 0 Å². The van der Waals surface area contributed by atoms with E-state index in [0.29, 0.717) is 0 Å². The summed E-state index contributed by atoms with van der Waals surface area (Å²) in [7, 11) is 0. The fourth-order valence-electron chi connectivity index (χ4n) is 3.02. The lowest BCUT2D eigenvalue weighted by Gasteiger charge is -2.36. The summed E-state index contributed by atoms with van der Waals surface area (Å²) in [5.41, 5.74) is 0. The highest BCUT2D eigenvalue weighted by atomic mass is 16.9. The Labute approximate surface area is 108 Å². The third-order valence-corrected chi connectivity index (χ3v) is 3.65. The molecule has 5 unspecified atom stereocenters. The van der Waals surface area contributed by atoms with E-state index in [1.54, 1.807) is 0 Å². The third-order valence-electron chi connectivity index (χ3n) is 3.65. The van der Waals surface area contributed by atoms with E-state index in [1.807, 2.05) is 27.7 Å². The van der Waals surface area contributed by atoms with Crippen LogP contribution in [0, 0.1) is 0 Å². The second-order valence-electron chi connectivity index (χ2n) is 6.12. The van der Waals surface area contributed by atoms with Crippen molar-refractivity contribution in [3.8, 4) is 0 Å². The maximum Gasteiger partial charge on any atom is 0.190 e. The minimum Gasteiger partial charge on any atom is -0.344 e. The van der Waals surface area contributed by atoms with Gasteiger partial charge in [0.05, 0.1) is 6.10 Å². The van der Waals surface area contributed by atoms with Crippen molar-refractivity contribution in [3.63, 3.8) is 0 Å². The molecule has 3 aliphatic heterocycles. The molecule has 0 N–H and O–H groups in total. The highest BCUT2D eigenvalue weighted by molar-refractivity contribution is 4.99. The summed E-state index contributed by atoms with van der Waals surface area (Å²) in [4.78, 5) is 0. The second kappa shape index (κ2) is 3.90. The van der Waals surface area contributed by atoms with Gasteiger partial charge in [0, 0.05) is 0 Å². The van der Waals surface area contributed by atoms with Gasteiger partial charge in [0.1, 0.15) is 18.3 Å². The average Bonchev–Trinajstić information content (AvgIpc) is 2.71. The van der Waals surface area contributed by atoms with Gasteiger partial charge in [0.15, 0.2) is 17.9 Å². The molecule has 0 saturated carbocycles. The van der Waals surface area contributed by atoms with E-state index < -0.39 is 11.6 Å². The molecule has 0 aromatic rings. The molecule has 104 valence electrons. The minimum absolute atomic E-state index is 0.00414. The molecule has 3 heterocycles. The van der Waals surface area contributed by atoms with Gasteiger partial charge in [-0.2, -0.15) is 0 Å². The van der Waals surface area contributed by atoms with E-state index in [2.05, 4.69) is 6.92 Å². The summed E-state index contributed by atoms with van der Waals surface area (Å²) in [5, 5.41) is 0. The number of hydrogen-bond donors (Lipinski definition) is 0. The van der Waals surface area contributed by atoms with Crippen LogP contribution in [-0.2, 0) is 23.7 Å². The van der Waals surface area contributed by atoms with Crippen LogP contribution >= 0.6 is 0 Å². The molecule has 0 aliphatic carbocycles. The van der Waals surface area contributed by atoms with Crippen molar-refractivity contribution in [3.05, 3.63) is 0 Å². The summed E-state index contributed by atoms with van der Waals surface area (Å²) in [6, 6.07) is 0. The molecule has 5 atom stereocenters. The van der Waals surface area contributed by atoms with Gasteiger partial charge < -0.3 is 23.7 Å². The molecule has 0 aromatic heterocycles. The molecular formula is C13H22O5. The van der Waals surface area contributed by atoms with Crippen LogP contribution in [-0.4, -0.2) is 42.3 Å². The maximum absolute atomic E-state index is 5.98. The van der Waals surface area contributed by atoms with E-state index in [0.717, 1.165) is 6.42 Å². The van der Waals surface area contributed by atoms with Crippen LogP contribution in [0.5, 0.6) is 0 Å². The standard InChI is InChI=1S/C13H22O5/c1-6-7-8-9(16-12(2,3)15-8)10-11(14-7)18-13(4,5)17-10/h7-11H,6H2,1-5H3. The van der Waals surface area contributed by atoms with Gasteiger partial charge in [-0.3, -0.25) is 0 Å². The lowest BCUT2D eigenvalue weighted by Crippen LogP contribution is -2.54. The van der Waals surface area contributed by atoms with Crippen molar-refractivity contribution in [2.45, 2.75) is 83.3 Å². The summed E-state index contributed by atoms with van der Waals surface area (Å²) in [6.07, 6.45) is 0.0937. The smallest absolute Gasteiger partial charge is 0.190 e. The molecule has 0 amide bonds. The van der Waals surface area contributed by atoms with Crippen molar-refractivity contribution in [2.75, 3.05) is 0 Å². The van der Waals surface area contributed by atoms with Crippen LogP contribution in [0.2, 0.25) is 0 Å². The zero-order chi connectivity index (χ0) is 13.1. The van der Waals surface area contributed by atoms with Crippen molar-refractivity contribution >= 4 is 0 Å². The molecule has 0 aromatic carbocycles. The summed E-state index contributed by atoms with van der Waals surface area (Å²) in [5.74, 6) is -1.21. The molecule has 5 heteroatoms. The van der Waals surface area contributed by atoms with Crippen LogP contribution < -0.4 is 0 Å². The third kappa shape index (κ3) is 1.98. The van der Waals surface area contributed by atoms with E-state index in [-0.39, 0.29) is 30.7 Å². The molecule has 0 spiro atoms. The lowest BCUT2D eigenvalue weighted by molar-refractivity contribution is -0.234. The van der Waals surface area contributed by atoms with Crippen LogP contribution in [0.4, 0.5) is 0 Å². The average molecular weight is 258 g/mol. The van der Waals surface area contributed by atoms with Crippen LogP contribution in [0.1, 0.15) is 41.0 Å². The Hall–Kier alpha value is -0.200. The quantitative estimate of drug-likeness (QED) is 0.717. The predicted octanol–water partition coefficient (Wildman–Crippen LogP) is 1.79. The fourth-order valence-corrected chi connectivity index (χ4v) is 3.02. The first-order valence-corrected chi connectivity index (χ1v) is 6.68. The topological polar surface area (TPSA) is 46.2 Å². The molecule has 3 saturated heterocycles. The Morgan fingerprint density at radius 1 is 0.778 bits per heavy atom. The Morgan fingerprint density at radius 2 is 1.33 bits per heavy atom. The Balaban J connectivity index is 1.86. The predicted molar refractivity (Wildman–Crippen MR) is 62.8 cm³/mol. The second-order valence-corrected chi connectivity index (χ2v) is 6.12. The number of hydrogen-bond acceptors (Lipinski definition) is 5. The van der Waals surface area contributed by atoms with Gasteiger partial charge in [-0.05, 0) is 34.1 Å². The van der Waals surface area contributed by atoms with E-state index in [4.69, 9.17) is 23.7 Å². The van der Waals surface area contributed by atoms with Crippen molar-refractivity contribution < 1.29 is 23.7 Å². The van der Waals surface area contributed by atoms with Crippen LogP contribution in [0.25, 0.3) is 0 Å². The summed E-state index contributed by atoms with van der Waals surface area (Å²) in [6.45, 7) is 9.72. The first kappa shape index (κ1) is 12.8. The zero-order valence-electron chi connectivity index (χ0n) is 11.6. The first-order chi connectivity index (χ1) is 8.31. The zero-order valence-corrected chi connectivity index (χ0v) is 11.6. The molecule has 5 nitrogen and oxygen atoms in total. The minimum atomic E-state index is -0.626. The summed E-state index contributed by atoms with van der Waals surface area (Å²) >= 11 is 0. The highest BCUT2D eigenvalue weighted by Crippen LogP contribution is 2.44. The maximum atomic E-state index is 5.98. The van der Waals surface area contributed by atoms with Gasteiger partial charge in [-0.25, -0.2) is 0 Å². The van der Waals surface area contributed by atoms with Gasteiger partial charge in [-0.1, -0.05) is 6.92 Å². The molecule has 0 radical (unpaired) electrons. The fraction of sp³-hybridized carbons (Fsp3) is 1.00. The Morgan fingerprint density at radius 3 is 2.00 bits per heavy atom. The number of rotatable bonds is 1. The lowest BCUT2D eigenvalue weighted by atomic mass is 9.97. The molecular weight excluding hydrogens is 236 g/mol. The largest absolute Gasteiger partial charge is 0.344 e. The molecule has 3 aliphatic rings. The van der Waals surface area contributed by atoms with E-state index >= 15 is 0 Å². The monoisotopic (exact) mass is 258 g/mol. The first-order valence-electron chi connectivity index (χ1n) is 6.68. The molecule has 0 bridgehead atoms. The SMILES string of the molecule is CCC1OC2OC(C)(C)OC2C2OC(C)(C)OC12. The van der Waals surface area contributed by atoms with Crippen molar-refractivity contribution in [1.29, 1.82) is 0 Å². The summed E-state index contributed by atoms with van der Waals surface area (Å²) < 4.78 is 29.6. The number of fused-ring (bicyclic) bond motifs is 3. The molecule has 3 fully saturated rings. The van der Waals surface area contributed by atoms with Gasteiger partial charge >= 0.3 is 0 Å². The molecule has 3 rings (SSSR count).